The maximum Gasteiger partial charge on any atom is 0.237 e. The van der Waals surface area contributed by atoms with Crippen molar-refractivity contribution in [2.45, 2.75) is 37.0 Å². The van der Waals surface area contributed by atoms with Gasteiger partial charge in [0.1, 0.15) is 0 Å². The topological polar surface area (TPSA) is 60.1 Å². The number of aromatic nitrogens is 1. The van der Waals surface area contributed by atoms with Gasteiger partial charge in [0.25, 0.3) is 0 Å². The first kappa shape index (κ1) is 19.4. The number of para-hydroxylation sites is 1. The highest BCUT2D eigenvalue weighted by molar-refractivity contribution is 8.00. The lowest BCUT2D eigenvalue weighted by Crippen LogP contribution is -2.24. The molecule has 1 heterocycles. The number of thioether (sulfide) groups is 1. The number of fused-ring (bicyclic) bond motifs is 3. The quantitative estimate of drug-likeness (QED) is 0.311. The molecule has 5 heteroatoms. The van der Waals surface area contributed by atoms with Crippen LogP contribution in [0.4, 0.5) is 11.4 Å². The summed E-state index contributed by atoms with van der Waals surface area (Å²) in [4.78, 5) is 13.9. The number of hydrogen-bond acceptors (Lipinski definition) is 3. The molecule has 148 valence electrons. The number of nitrogen functional groups attached to an aromatic ring is 1. The van der Waals surface area contributed by atoms with Gasteiger partial charge in [-0.1, -0.05) is 31.2 Å². The molecule has 0 saturated heterocycles. The number of amides is 1. The van der Waals surface area contributed by atoms with E-state index in [1.54, 1.807) is 11.8 Å². The van der Waals surface area contributed by atoms with Crippen molar-refractivity contribution in [3.8, 4) is 0 Å². The highest BCUT2D eigenvalue weighted by Crippen LogP contribution is 2.32. The maximum absolute atomic E-state index is 12.9. The minimum absolute atomic E-state index is 0.0125. The third-order valence-electron chi connectivity index (χ3n) is 5.16. The smallest absolute Gasteiger partial charge is 0.237 e. The third kappa shape index (κ3) is 3.83. The minimum Gasteiger partial charge on any atom is -0.399 e. The van der Waals surface area contributed by atoms with Crippen LogP contribution in [0.1, 0.15) is 20.3 Å². The number of rotatable bonds is 6. The summed E-state index contributed by atoms with van der Waals surface area (Å²) in [7, 11) is 0. The Balaban J connectivity index is 1.61. The maximum atomic E-state index is 12.9. The fourth-order valence-corrected chi connectivity index (χ4v) is 4.79. The van der Waals surface area contributed by atoms with Crippen molar-refractivity contribution < 1.29 is 4.79 Å². The van der Waals surface area contributed by atoms with Gasteiger partial charge in [0.2, 0.25) is 5.91 Å². The molecule has 0 aliphatic heterocycles. The second-order valence-corrected chi connectivity index (χ2v) is 8.35. The second kappa shape index (κ2) is 8.21. The van der Waals surface area contributed by atoms with Crippen LogP contribution in [0.5, 0.6) is 0 Å². The SMILES string of the molecule is CCC(Sc1cccc(N)c1)C(=O)Nc1ccc2c(c1)c1ccccc1n2CC. The van der Waals surface area contributed by atoms with Crippen molar-refractivity contribution in [1.29, 1.82) is 0 Å². The van der Waals surface area contributed by atoms with Crippen molar-refractivity contribution in [3.05, 3.63) is 66.7 Å². The summed E-state index contributed by atoms with van der Waals surface area (Å²) in [5.74, 6) is 0.0125. The fraction of sp³-hybridized carbons (Fsp3) is 0.208. The molecule has 0 bridgehead atoms. The first-order valence-corrected chi connectivity index (χ1v) is 10.8. The van der Waals surface area contributed by atoms with Crippen LogP contribution in [0, 0.1) is 0 Å². The number of nitrogens with one attached hydrogen (secondary N) is 1. The molecular formula is C24H25N3OS. The van der Waals surface area contributed by atoms with Gasteiger partial charge in [-0.3, -0.25) is 4.79 Å². The summed E-state index contributed by atoms with van der Waals surface area (Å²) in [5, 5.41) is 5.31. The highest BCUT2D eigenvalue weighted by Gasteiger charge is 2.19. The number of nitrogens with zero attached hydrogens (tertiary/aromatic N) is 1. The Bertz CT molecular complexity index is 1180. The van der Waals surface area contributed by atoms with Crippen LogP contribution < -0.4 is 11.1 Å². The van der Waals surface area contributed by atoms with E-state index in [9.17, 15) is 4.79 Å². The van der Waals surface area contributed by atoms with Gasteiger partial charge in [-0.15, -0.1) is 11.8 Å². The van der Waals surface area contributed by atoms with E-state index in [0.717, 1.165) is 28.9 Å². The minimum atomic E-state index is -0.176. The third-order valence-corrected chi connectivity index (χ3v) is 6.51. The standard InChI is InChI=1S/C24H25N3OS/c1-3-23(29-18-9-7-8-16(25)14-18)24(28)26-17-12-13-22-20(15-17)19-10-5-6-11-21(19)27(22)4-2/h5-15,23H,3-4,25H2,1-2H3,(H,26,28). The van der Waals surface area contributed by atoms with Crippen LogP contribution in [-0.4, -0.2) is 15.7 Å². The Morgan fingerprint density at radius 1 is 1.00 bits per heavy atom. The van der Waals surface area contributed by atoms with Crippen LogP contribution in [0.25, 0.3) is 21.8 Å². The van der Waals surface area contributed by atoms with Gasteiger partial charge in [0.15, 0.2) is 0 Å². The Morgan fingerprint density at radius 3 is 2.55 bits per heavy atom. The summed E-state index contributed by atoms with van der Waals surface area (Å²) in [6.07, 6.45) is 0.739. The molecule has 1 amide bonds. The highest BCUT2D eigenvalue weighted by atomic mass is 32.2. The van der Waals surface area contributed by atoms with Crippen LogP contribution in [0.3, 0.4) is 0 Å². The van der Waals surface area contributed by atoms with E-state index in [1.165, 1.54) is 16.4 Å². The van der Waals surface area contributed by atoms with Crippen LogP contribution in [0.2, 0.25) is 0 Å². The predicted molar refractivity (Wildman–Crippen MR) is 125 cm³/mol. The average molecular weight is 404 g/mol. The van der Waals surface area contributed by atoms with E-state index in [0.29, 0.717) is 5.69 Å². The zero-order valence-electron chi connectivity index (χ0n) is 16.7. The number of carbonyl (C=O) groups excluding carboxylic acids is 1. The van der Waals surface area contributed by atoms with Gasteiger partial charge in [-0.25, -0.2) is 0 Å². The summed E-state index contributed by atoms with van der Waals surface area (Å²) in [6, 6.07) is 22.2. The molecule has 0 aliphatic carbocycles. The predicted octanol–water partition coefficient (Wildman–Crippen LogP) is 5.91. The Morgan fingerprint density at radius 2 is 1.79 bits per heavy atom. The van der Waals surface area contributed by atoms with E-state index < -0.39 is 0 Å². The van der Waals surface area contributed by atoms with Gasteiger partial charge in [-0.05, 0) is 55.8 Å². The molecular weight excluding hydrogens is 378 g/mol. The molecule has 3 N–H and O–H groups in total. The Hall–Kier alpha value is -2.92. The van der Waals surface area contributed by atoms with Crippen LogP contribution in [0.15, 0.2) is 71.6 Å². The largest absolute Gasteiger partial charge is 0.399 e. The number of hydrogen-bond donors (Lipinski definition) is 2. The van der Waals surface area contributed by atoms with Crippen molar-refractivity contribution in [2.75, 3.05) is 11.1 Å². The van der Waals surface area contributed by atoms with Gasteiger partial charge in [0.05, 0.1) is 5.25 Å². The normalized spacial score (nSPS) is 12.3. The first-order valence-electron chi connectivity index (χ1n) is 9.94. The molecule has 4 nitrogen and oxygen atoms in total. The van der Waals surface area contributed by atoms with Gasteiger partial charge in [-0.2, -0.15) is 0 Å². The molecule has 0 spiro atoms. The van der Waals surface area contributed by atoms with Crippen molar-refractivity contribution in [3.63, 3.8) is 0 Å². The molecule has 4 rings (SSSR count). The van der Waals surface area contributed by atoms with Crippen molar-refractivity contribution in [2.24, 2.45) is 0 Å². The molecule has 1 aromatic heterocycles. The van der Waals surface area contributed by atoms with E-state index in [-0.39, 0.29) is 11.2 Å². The lowest BCUT2D eigenvalue weighted by molar-refractivity contribution is -0.115. The molecule has 1 unspecified atom stereocenters. The molecule has 4 aromatic rings. The van der Waals surface area contributed by atoms with Gasteiger partial charge >= 0.3 is 0 Å². The molecule has 0 fully saturated rings. The monoisotopic (exact) mass is 403 g/mol. The summed E-state index contributed by atoms with van der Waals surface area (Å²) in [5.41, 5.74) is 9.82. The van der Waals surface area contributed by atoms with Crippen molar-refractivity contribution >= 4 is 50.8 Å². The Labute approximate surface area is 175 Å². The zero-order chi connectivity index (χ0) is 20.4. The Kier molecular flexibility index (Phi) is 5.49. The molecule has 3 aromatic carbocycles. The summed E-state index contributed by atoms with van der Waals surface area (Å²) < 4.78 is 2.31. The molecule has 29 heavy (non-hydrogen) atoms. The molecule has 1 atom stereocenters. The van der Waals surface area contributed by atoms with Gasteiger partial charge < -0.3 is 15.6 Å². The van der Waals surface area contributed by atoms with Crippen LogP contribution in [-0.2, 0) is 11.3 Å². The number of aryl methyl sites for hydroxylation is 1. The molecule has 0 saturated carbocycles. The van der Waals surface area contributed by atoms with E-state index >= 15 is 0 Å². The van der Waals surface area contributed by atoms with Crippen LogP contribution >= 0.6 is 11.8 Å². The van der Waals surface area contributed by atoms with E-state index in [1.807, 2.05) is 37.3 Å². The van der Waals surface area contributed by atoms with E-state index in [4.69, 9.17) is 5.73 Å². The number of carbonyl (C=O) groups is 1. The summed E-state index contributed by atoms with van der Waals surface area (Å²) in [6.45, 7) is 5.09. The fourth-order valence-electron chi connectivity index (χ4n) is 3.77. The zero-order valence-corrected chi connectivity index (χ0v) is 17.5. The lowest BCUT2D eigenvalue weighted by Gasteiger charge is -2.15. The van der Waals surface area contributed by atoms with E-state index in [2.05, 4.69) is 53.2 Å². The van der Waals surface area contributed by atoms with Crippen molar-refractivity contribution in [1.82, 2.24) is 4.57 Å². The number of anilines is 2. The first-order chi connectivity index (χ1) is 14.1. The molecule has 0 radical (unpaired) electrons. The number of benzene rings is 3. The average Bonchev–Trinajstić information content (AvgIpc) is 3.05. The molecule has 0 aliphatic rings. The number of nitrogens with two attached hydrogens (primary N) is 1. The summed E-state index contributed by atoms with van der Waals surface area (Å²) >= 11 is 1.55. The van der Waals surface area contributed by atoms with Gasteiger partial charge in [0, 0.05) is 44.6 Å². The second-order valence-electron chi connectivity index (χ2n) is 7.07. The lowest BCUT2D eigenvalue weighted by atomic mass is 10.1.